The van der Waals surface area contributed by atoms with Crippen molar-refractivity contribution in [3.8, 4) is 0 Å². The molecule has 6 heteroatoms. The minimum atomic E-state index is -0.960. The van der Waals surface area contributed by atoms with Gasteiger partial charge < -0.3 is 20.8 Å². The highest BCUT2D eigenvalue weighted by Gasteiger charge is 2.32. The largest absolute Gasteiger partial charge is 0.394 e. The smallest absolute Gasteiger partial charge is 0.225 e. The number of carbonyl (C=O) groups excluding carboxylic acids is 2. The maximum absolute atomic E-state index is 11.9. The molecule has 1 unspecified atom stereocenters. The Bertz CT molecular complexity index is 271. The van der Waals surface area contributed by atoms with Crippen molar-refractivity contribution in [2.45, 2.75) is 31.7 Å². The average molecular weight is 244 g/mol. The molecule has 0 aromatic heterocycles. The van der Waals surface area contributed by atoms with Gasteiger partial charge in [-0.05, 0) is 12.8 Å². The van der Waals surface area contributed by atoms with Crippen LogP contribution in [0.4, 0.5) is 0 Å². The van der Waals surface area contributed by atoms with Gasteiger partial charge in [0.2, 0.25) is 11.8 Å². The van der Waals surface area contributed by atoms with Gasteiger partial charge in [-0.2, -0.15) is 0 Å². The topological polar surface area (TPSA) is 98.7 Å². The lowest BCUT2D eigenvalue weighted by atomic mass is 9.94. The lowest BCUT2D eigenvalue weighted by Gasteiger charge is -2.32. The molecule has 6 nitrogen and oxygen atoms in total. The lowest BCUT2D eigenvalue weighted by molar-refractivity contribution is -0.131. The van der Waals surface area contributed by atoms with Crippen molar-refractivity contribution in [1.82, 2.24) is 10.6 Å². The summed E-state index contributed by atoms with van der Waals surface area (Å²) in [6.45, 7) is 1.51. The fourth-order valence-corrected chi connectivity index (χ4v) is 1.76. The third-order valence-electron chi connectivity index (χ3n) is 3.31. The Morgan fingerprint density at radius 2 is 2.18 bits per heavy atom. The van der Waals surface area contributed by atoms with Gasteiger partial charge in [0.1, 0.15) is 0 Å². The van der Waals surface area contributed by atoms with Crippen LogP contribution in [-0.2, 0) is 9.59 Å². The van der Waals surface area contributed by atoms with Gasteiger partial charge in [0.25, 0.3) is 0 Å². The molecule has 2 amide bonds. The Kier molecular flexibility index (Phi) is 4.89. The fraction of sp³-hybridized carbons (Fsp3) is 0.818. The van der Waals surface area contributed by atoms with E-state index in [1.807, 2.05) is 0 Å². The summed E-state index contributed by atoms with van der Waals surface area (Å²) < 4.78 is 0. The molecule has 98 valence electrons. The van der Waals surface area contributed by atoms with Crippen LogP contribution in [0.3, 0.4) is 0 Å². The molecule has 0 spiro atoms. The Hall–Kier alpha value is -1.14. The lowest BCUT2D eigenvalue weighted by Crippen LogP contribution is -2.56. The number of hydrogen-bond acceptors (Lipinski definition) is 4. The second kappa shape index (κ2) is 5.97. The Balaban J connectivity index is 2.55. The fourth-order valence-electron chi connectivity index (χ4n) is 1.76. The number of aliphatic hydroxyl groups excluding tert-OH is 2. The van der Waals surface area contributed by atoms with Gasteiger partial charge in [-0.15, -0.1) is 0 Å². The van der Waals surface area contributed by atoms with Gasteiger partial charge in [-0.1, -0.05) is 6.92 Å². The minimum Gasteiger partial charge on any atom is -0.394 e. The van der Waals surface area contributed by atoms with Crippen molar-refractivity contribution >= 4 is 11.8 Å². The molecule has 0 radical (unpaired) electrons. The van der Waals surface area contributed by atoms with Gasteiger partial charge in [0, 0.05) is 13.0 Å². The molecule has 0 aliphatic carbocycles. The summed E-state index contributed by atoms with van der Waals surface area (Å²) in [6, 6.07) is 0. The Morgan fingerprint density at radius 1 is 1.53 bits per heavy atom. The molecular formula is C11H20N2O4. The number of nitrogens with one attached hydrogen (secondary N) is 2. The first-order valence-electron chi connectivity index (χ1n) is 5.87. The molecule has 1 heterocycles. The second-order valence-corrected chi connectivity index (χ2v) is 4.48. The molecule has 17 heavy (non-hydrogen) atoms. The molecular weight excluding hydrogens is 224 g/mol. The van der Waals surface area contributed by atoms with Crippen LogP contribution < -0.4 is 10.6 Å². The van der Waals surface area contributed by atoms with E-state index in [-0.39, 0.29) is 30.9 Å². The van der Waals surface area contributed by atoms with Gasteiger partial charge in [0.05, 0.1) is 24.7 Å². The first-order valence-corrected chi connectivity index (χ1v) is 5.87. The average Bonchev–Trinajstić information content (AvgIpc) is 2.37. The molecule has 1 rings (SSSR count). The predicted octanol–water partition coefficient (Wildman–Crippen LogP) is -1.24. The van der Waals surface area contributed by atoms with Crippen molar-refractivity contribution in [2.24, 2.45) is 5.92 Å². The standard InChI is InChI=1S/C11H20N2O4/c1-2-11(6-14,7-15)13-10(17)8-3-4-9(16)12-5-8/h8,14-15H,2-7H2,1H3,(H,12,16)(H,13,17). The maximum Gasteiger partial charge on any atom is 0.225 e. The van der Waals surface area contributed by atoms with E-state index >= 15 is 0 Å². The van der Waals surface area contributed by atoms with Crippen molar-refractivity contribution in [3.63, 3.8) is 0 Å². The maximum atomic E-state index is 11.9. The number of carbonyl (C=O) groups is 2. The molecule has 0 aromatic carbocycles. The minimum absolute atomic E-state index is 0.0416. The quantitative estimate of drug-likeness (QED) is 0.486. The number of amides is 2. The van der Waals surface area contributed by atoms with Crippen LogP contribution in [0.25, 0.3) is 0 Å². The van der Waals surface area contributed by atoms with Crippen molar-refractivity contribution < 1.29 is 19.8 Å². The van der Waals surface area contributed by atoms with Crippen LogP contribution in [0.5, 0.6) is 0 Å². The van der Waals surface area contributed by atoms with Gasteiger partial charge in [0.15, 0.2) is 0 Å². The molecule has 0 bridgehead atoms. The van der Waals surface area contributed by atoms with Crippen LogP contribution in [0.2, 0.25) is 0 Å². The molecule has 1 fully saturated rings. The van der Waals surface area contributed by atoms with E-state index in [1.54, 1.807) is 6.92 Å². The number of piperidine rings is 1. The molecule has 1 atom stereocenters. The van der Waals surface area contributed by atoms with E-state index in [4.69, 9.17) is 0 Å². The molecule has 1 saturated heterocycles. The normalized spacial score (nSPS) is 20.9. The molecule has 4 N–H and O–H groups in total. The van der Waals surface area contributed by atoms with Gasteiger partial charge in [-0.25, -0.2) is 0 Å². The zero-order chi connectivity index (χ0) is 12.9. The Morgan fingerprint density at radius 3 is 2.59 bits per heavy atom. The predicted molar refractivity (Wildman–Crippen MR) is 61.1 cm³/mol. The summed E-state index contributed by atoms with van der Waals surface area (Å²) in [6.07, 6.45) is 1.30. The van der Waals surface area contributed by atoms with E-state index < -0.39 is 5.54 Å². The summed E-state index contributed by atoms with van der Waals surface area (Å²) in [4.78, 5) is 22.9. The monoisotopic (exact) mass is 244 g/mol. The van der Waals surface area contributed by atoms with Crippen LogP contribution in [0.15, 0.2) is 0 Å². The van der Waals surface area contributed by atoms with E-state index in [0.29, 0.717) is 25.8 Å². The van der Waals surface area contributed by atoms with E-state index in [0.717, 1.165) is 0 Å². The molecule has 1 aliphatic heterocycles. The van der Waals surface area contributed by atoms with E-state index in [2.05, 4.69) is 10.6 Å². The third kappa shape index (κ3) is 3.41. The summed E-state index contributed by atoms with van der Waals surface area (Å²) in [5, 5.41) is 23.7. The summed E-state index contributed by atoms with van der Waals surface area (Å²) >= 11 is 0. The SMILES string of the molecule is CCC(CO)(CO)NC(=O)C1CCC(=O)NC1. The van der Waals surface area contributed by atoms with Crippen molar-refractivity contribution in [1.29, 1.82) is 0 Å². The van der Waals surface area contributed by atoms with Crippen molar-refractivity contribution in [2.75, 3.05) is 19.8 Å². The van der Waals surface area contributed by atoms with Crippen LogP contribution in [0.1, 0.15) is 26.2 Å². The first kappa shape index (κ1) is 13.9. The number of hydrogen-bond donors (Lipinski definition) is 4. The highest BCUT2D eigenvalue weighted by atomic mass is 16.3. The third-order valence-corrected chi connectivity index (χ3v) is 3.31. The number of rotatable bonds is 5. The molecule has 0 aromatic rings. The van der Waals surface area contributed by atoms with E-state index in [9.17, 15) is 19.8 Å². The van der Waals surface area contributed by atoms with Crippen molar-refractivity contribution in [3.05, 3.63) is 0 Å². The second-order valence-electron chi connectivity index (χ2n) is 4.48. The summed E-state index contributed by atoms with van der Waals surface area (Å²) in [5.74, 6) is -0.549. The zero-order valence-corrected chi connectivity index (χ0v) is 10.0. The molecule has 1 aliphatic rings. The first-order chi connectivity index (χ1) is 8.06. The van der Waals surface area contributed by atoms with Gasteiger partial charge >= 0.3 is 0 Å². The number of aliphatic hydroxyl groups is 2. The summed E-state index contributed by atoms with van der Waals surface area (Å²) in [5.41, 5.74) is -0.960. The van der Waals surface area contributed by atoms with Crippen LogP contribution >= 0.6 is 0 Å². The molecule has 0 saturated carbocycles. The highest BCUT2D eigenvalue weighted by molar-refractivity contribution is 5.84. The van der Waals surface area contributed by atoms with Gasteiger partial charge in [-0.3, -0.25) is 9.59 Å². The highest BCUT2D eigenvalue weighted by Crippen LogP contribution is 2.14. The summed E-state index contributed by atoms with van der Waals surface area (Å²) in [7, 11) is 0. The van der Waals surface area contributed by atoms with Crippen LogP contribution in [-0.4, -0.2) is 47.3 Å². The Labute approximate surface area is 100 Å². The van der Waals surface area contributed by atoms with E-state index in [1.165, 1.54) is 0 Å². The van der Waals surface area contributed by atoms with Crippen LogP contribution in [0, 0.1) is 5.92 Å². The zero-order valence-electron chi connectivity index (χ0n) is 10.0.